The Labute approximate surface area is 128 Å². The first-order chi connectivity index (χ1) is 10.0. The van der Waals surface area contributed by atoms with Gasteiger partial charge >= 0.3 is 0 Å². The van der Waals surface area contributed by atoms with Crippen molar-refractivity contribution in [3.63, 3.8) is 0 Å². The van der Waals surface area contributed by atoms with Crippen molar-refractivity contribution in [2.75, 3.05) is 26.7 Å². The number of methoxy groups -OCH3 is 1. The zero-order chi connectivity index (χ0) is 15.4. The smallest absolute Gasteiger partial charge is 0.128 e. The van der Waals surface area contributed by atoms with Gasteiger partial charge in [0.2, 0.25) is 0 Å². The zero-order valence-corrected chi connectivity index (χ0v) is 14.1. The Morgan fingerprint density at radius 3 is 2.86 bits per heavy atom. The predicted molar refractivity (Wildman–Crippen MR) is 86.8 cm³/mol. The van der Waals surface area contributed by atoms with Crippen molar-refractivity contribution < 1.29 is 4.74 Å². The SMILES string of the molecule is COc1c(C)cnc(CN2CCNC(CC(C)C)C2)c1C. The molecule has 1 saturated heterocycles. The van der Waals surface area contributed by atoms with Crippen LogP contribution >= 0.6 is 0 Å². The molecule has 1 aliphatic rings. The van der Waals surface area contributed by atoms with E-state index in [0.717, 1.165) is 49.1 Å². The van der Waals surface area contributed by atoms with Crippen LogP contribution in [-0.2, 0) is 6.54 Å². The summed E-state index contributed by atoms with van der Waals surface area (Å²) in [6.07, 6.45) is 3.16. The van der Waals surface area contributed by atoms with Gasteiger partial charge in [-0.25, -0.2) is 0 Å². The van der Waals surface area contributed by atoms with Crippen molar-refractivity contribution in [2.24, 2.45) is 5.92 Å². The molecule has 21 heavy (non-hydrogen) atoms. The first kappa shape index (κ1) is 16.2. The number of nitrogens with one attached hydrogen (secondary N) is 1. The Morgan fingerprint density at radius 2 is 2.19 bits per heavy atom. The Hall–Kier alpha value is -1.13. The third-order valence-corrected chi connectivity index (χ3v) is 4.22. The summed E-state index contributed by atoms with van der Waals surface area (Å²) < 4.78 is 5.51. The Morgan fingerprint density at radius 1 is 1.43 bits per heavy atom. The van der Waals surface area contributed by atoms with E-state index in [2.05, 4.69) is 36.0 Å². The molecule has 2 rings (SSSR count). The van der Waals surface area contributed by atoms with Gasteiger partial charge in [-0.3, -0.25) is 9.88 Å². The summed E-state index contributed by atoms with van der Waals surface area (Å²) in [6, 6.07) is 0.603. The first-order valence-electron chi connectivity index (χ1n) is 7.96. The molecule has 1 aromatic heterocycles. The average molecular weight is 291 g/mol. The van der Waals surface area contributed by atoms with Crippen molar-refractivity contribution in [1.29, 1.82) is 0 Å². The lowest BCUT2D eigenvalue weighted by Gasteiger charge is -2.34. The van der Waals surface area contributed by atoms with Gasteiger partial charge in [0, 0.05) is 49.5 Å². The van der Waals surface area contributed by atoms with E-state index in [1.54, 1.807) is 7.11 Å². The van der Waals surface area contributed by atoms with E-state index in [9.17, 15) is 0 Å². The number of hydrogen-bond acceptors (Lipinski definition) is 4. The molecular weight excluding hydrogens is 262 g/mol. The summed E-state index contributed by atoms with van der Waals surface area (Å²) in [5.41, 5.74) is 3.43. The van der Waals surface area contributed by atoms with Crippen molar-refractivity contribution >= 4 is 0 Å². The number of nitrogens with zero attached hydrogens (tertiary/aromatic N) is 2. The second-order valence-electron chi connectivity index (χ2n) is 6.56. The molecule has 1 aromatic rings. The van der Waals surface area contributed by atoms with Crippen molar-refractivity contribution in [2.45, 2.75) is 46.7 Å². The van der Waals surface area contributed by atoms with Crippen LogP contribution in [0.4, 0.5) is 0 Å². The maximum atomic E-state index is 5.51. The standard InChI is InChI=1S/C17H29N3O/c1-12(2)8-15-10-20(7-6-18-15)11-16-14(4)17(21-5)13(3)9-19-16/h9,12,15,18H,6-8,10-11H2,1-5H3. The third-order valence-electron chi connectivity index (χ3n) is 4.22. The average Bonchev–Trinajstić information content (AvgIpc) is 2.42. The van der Waals surface area contributed by atoms with Crippen molar-refractivity contribution in [1.82, 2.24) is 15.2 Å². The molecule has 4 nitrogen and oxygen atoms in total. The van der Waals surface area contributed by atoms with Gasteiger partial charge in [0.15, 0.2) is 0 Å². The Balaban J connectivity index is 2.04. The lowest BCUT2D eigenvalue weighted by atomic mass is 10.0. The molecular formula is C17H29N3O. The largest absolute Gasteiger partial charge is 0.496 e. The lowest BCUT2D eigenvalue weighted by molar-refractivity contribution is 0.177. The van der Waals surface area contributed by atoms with E-state index in [-0.39, 0.29) is 0 Å². The molecule has 1 unspecified atom stereocenters. The second kappa shape index (κ2) is 7.23. The van der Waals surface area contributed by atoms with Crippen molar-refractivity contribution in [3.8, 4) is 5.75 Å². The van der Waals surface area contributed by atoms with Crippen molar-refractivity contribution in [3.05, 3.63) is 23.0 Å². The molecule has 0 saturated carbocycles. The number of rotatable bonds is 5. The molecule has 0 spiro atoms. The lowest BCUT2D eigenvalue weighted by Crippen LogP contribution is -2.50. The monoisotopic (exact) mass is 291 g/mol. The fourth-order valence-corrected chi connectivity index (χ4v) is 3.21. The van der Waals surface area contributed by atoms with Gasteiger partial charge in [0.05, 0.1) is 12.8 Å². The maximum absolute atomic E-state index is 5.51. The molecule has 0 radical (unpaired) electrons. The van der Waals surface area contributed by atoms with Gasteiger partial charge in [-0.2, -0.15) is 0 Å². The number of piperazine rings is 1. The number of ether oxygens (including phenoxy) is 1. The molecule has 4 heteroatoms. The predicted octanol–water partition coefficient (Wildman–Crippen LogP) is 2.53. The van der Waals surface area contributed by atoms with E-state index in [4.69, 9.17) is 4.74 Å². The van der Waals surface area contributed by atoms with Crippen LogP contribution in [0.5, 0.6) is 5.75 Å². The molecule has 0 aromatic carbocycles. The van der Waals surface area contributed by atoms with Crippen LogP contribution in [0, 0.1) is 19.8 Å². The minimum atomic E-state index is 0.603. The summed E-state index contributed by atoms with van der Waals surface area (Å²) in [5.74, 6) is 1.72. The molecule has 1 atom stereocenters. The number of pyridine rings is 1. The fraction of sp³-hybridized carbons (Fsp3) is 0.706. The minimum Gasteiger partial charge on any atom is -0.496 e. The third kappa shape index (κ3) is 4.17. The van der Waals surface area contributed by atoms with E-state index in [1.165, 1.54) is 12.0 Å². The quantitative estimate of drug-likeness (QED) is 0.904. The summed E-state index contributed by atoms with van der Waals surface area (Å²) in [7, 11) is 1.74. The topological polar surface area (TPSA) is 37.4 Å². The van der Waals surface area contributed by atoms with E-state index in [0.29, 0.717) is 6.04 Å². The van der Waals surface area contributed by atoms with E-state index >= 15 is 0 Å². The number of hydrogen-bond donors (Lipinski definition) is 1. The van der Waals surface area contributed by atoms with Crippen LogP contribution in [-0.4, -0.2) is 42.7 Å². The van der Waals surface area contributed by atoms with Crippen LogP contribution in [0.1, 0.15) is 37.1 Å². The van der Waals surface area contributed by atoms with Gasteiger partial charge in [0.25, 0.3) is 0 Å². The second-order valence-corrected chi connectivity index (χ2v) is 6.56. The van der Waals surface area contributed by atoms with Crippen LogP contribution in [0.3, 0.4) is 0 Å². The molecule has 0 bridgehead atoms. The highest BCUT2D eigenvalue weighted by Gasteiger charge is 2.21. The first-order valence-corrected chi connectivity index (χ1v) is 7.96. The summed E-state index contributed by atoms with van der Waals surface area (Å²) in [5, 5.41) is 3.63. The zero-order valence-electron chi connectivity index (χ0n) is 14.1. The van der Waals surface area contributed by atoms with Crippen LogP contribution < -0.4 is 10.1 Å². The maximum Gasteiger partial charge on any atom is 0.128 e. The molecule has 1 N–H and O–H groups in total. The van der Waals surface area contributed by atoms with Crippen LogP contribution in [0.15, 0.2) is 6.20 Å². The van der Waals surface area contributed by atoms with Gasteiger partial charge in [-0.1, -0.05) is 13.8 Å². The summed E-state index contributed by atoms with van der Waals surface area (Å²) in [6.45, 7) is 12.9. The Kier molecular flexibility index (Phi) is 5.59. The summed E-state index contributed by atoms with van der Waals surface area (Å²) in [4.78, 5) is 7.13. The van der Waals surface area contributed by atoms with Gasteiger partial charge in [-0.15, -0.1) is 0 Å². The highest BCUT2D eigenvalue weighted by molar-refractivity contribution is 5.41. The number of aromatic nitrogens is 1. The van der Waals surface area contributed by atoms with Crippen LogP contribution in [0.25, 0.3) is 0 Å². The molecule has 2 heterocycles. The molecule has 1 fully saturated rings. The normalized spacial score (nSPS) is 20.0. The van der Waals surface area contributed by atoms with Gasteiger partial charge < -0.3 is 10.1 Å². The molecule has 1 aliphatic heterocycles. The molecule has 118 valence electrons. The van der Waals surface area contributed by atoms with Gasteiger partial charge in [0.1, 0.15) is 5.75 Å². The highest BCUT2D eigenvalue weighted by atomic mass is 16.5. The number of aryl methyl sites for hydroxylation is 1. The minimum absolute atomic E-state index is 0.603. The summed E-state index contributed by atoms with van der Waals surface area (Å²) >= 11 is 0. The fourth-order valence-electron chi connectivity index (χ4n) is 3.21. The Bertz CT molecular complexity index is 473. The van der Waals surface area contributed by atoms with E-state index in [1.807, 2.05) is 13.1 Å². The van der Waals surface area contributed by atoms with Crippen LogP contribution in [0.2, 0.25) is 0 Å². The van der Waals surface area contributed by atoms with Gasteiger partial charge in [-0.05, 0) is 26.2 Å². The highest BCUT2D eigenvalue weighted by Crippen LogP contribution is 2.25. The molecule has 0 aliphatic carbocycles. The van der Waals surface area contributed by atoms with E-state index < -0.39 is 0 Å². The molecule has 0 amide bonds.